The van der Waals surface area contributed by atoms with E-state index >= 15 is 0 Å². The number of nitrogens with zero attached hydrogens (tertiary/aromatic N) is 1. The van der Waals surface area contributed by atoms with E-state index in [2.05, 4.69) is 56.3 Å². The molecule has 1 unspecified atom stereocenters. The first-order chi connectivity index (χ1) is 10.3. The fourth-order valence-electron chi connectivity index (χ4n) is 2.91. The lowest BCUT2D eigenvalue weighted by atomic mass is 9.99. The standard InChI is InChI=1S/C19H29NO/c1-4-6-8-13-18-16(11-7-5-2)15-20(3)17-12-9-10-14-19(17)21-18/h9-10,12,14-15,18H,4-8,11,13H2,1-3H3. The smallest absolute Gasteiger partial charge is 0.143 e. The van der Waals surface area contributed by atoms with Gasteiger partial charge in [0.05, 0.1) is 5.69 Å². The number of hydrogen-bond donors (Lipinski definition) is 0. The van der Waals surface area contributed by atoms with Gasteiger partial charge in [0.2, 0.25) is 0 Å². The molecular weight excluding hydrogens is 258 g/mol. The second-order valence-corrected chi connectivity index (χ2v) is 5.99. The van der Waals surface area contributed by atoms with Crippen molar-refractivity contribution in [2.24, 2.45) is 0 Å². The van der Waals surface area contributed by atoms with Crippen molar-refractivity contribution in [1.29, 1.82) is 0 Å². The Hall–Kier alpha value is -1.44. The van der Waals surface area contributed by atoms with E-state index < -0.39 is 0 Å². The van der Waals surface area contributed by atoms with Crippen molar-refractivity contribution in [2.45, 2.75) is 64.9 Å². The fourth-order valence-corrected chi connectivity index (χ4v) is 2.91. The number of benzene rings is 1. The summed E-state index contributed by atoms with van der Waals surface area (Å²) in [7, 11) is 2.13. The molecule has 1 heterocycles. The molecule has 1 aliphatic rings. The quantitative estimate of drug-likeness (QED) is 0.611. The van der Waals surface area contributed by atoms with Crippen LogP contribution >= 0.6 is 0 Å². The number of para-hydroxylation sites is 2. The first-order valence-corrected chi connectivity index (χ1v) is 8.45. The molecule has 1 aromatic carbocycles. The SMILES string of the molecule is CCCCCC1Oc2ccccc2N(C)C=C1CCCC. The summed E-state index contributed by atoms with van der Waals surface area (Å²) in [6.45, 7) is 4.51. The predicted octanol–water partition coefficient (Wildman–Crippen LogP) is 5.54. The summed E-state index contributed by atoms with van der Waals surface area (Å²) in [5.41, 5.74) is 2.62. The van der Waals surface area contributed by atoms with Crippen LogP contribution in [0.25, 0.3) is 0 Å². The zero-order valence-corrected chi connectivity index (χ0v) is 13.8. The van der Waals surface area contributed by atoms with Crippen LogP contribution in [0.4, 0.5) is 5.69 Å². The Morgan fingerprint density at radius 3 is 2.57 bits per heavy atom. The summed E-state index contributed by atoms with van der Waals surface area (Å²) in [6.07, 6.45) is 11.1. The highest BCUT2D eigenvalue weighted by Gasteiger charge is 2.22. The second-order valence-electron chi connectivity index (χ2n) is 5.99. The van der Waals surface area contributed by atoms with Gasteiger partial charge in [0, 0.05) is 13.2 Å². The zero-order valence-electron chi connectivity index (χ0n) is 13.8. The van der Waals surface area contributed by atoms with Crippen molar-refractivity contribution >= 4 is 5.69 Å². The van der Waals surface area contributed by atoms with Crippen molar-refractivity contribution < 1.29 is 4.74 Å². The highest BCUT2D eigenvalue weighted by atomic mass is 16.5. The Labute approximate surface area is 129 Å². The molecule has 0 bridgehead atoms. The third-order valence-electron chi connectivity index (χ3n) is 4.18. The second kappa shape index (κ2) is 8.11. The molecule has 0 spiro atoms. The molecule has 2 nitrogen and oxygen atoms in total. The Bertz CT molecular complexity index is 466. The zero-order chi connectivity index (χ0) is 15.1. The van der Waals surface area contributed by atoms with E-state index in [0.717, 1.165) is 18.6 Å². The summed E-state index contributed by atoms with van der Waals surface area (Å²) in [4.78, 5) is 2.22. The van der Waals surface area contributed by atoms with Crippen molar-refractivity contribution in [3.63, 3.8) is 0 Å². The minimum Gasteiger partial charge on any atom is -0.484 e. The summed E-state index contributed by atoms with van der Waals surface area (Å²) in [6, 6.07) is 8.37. The normalized spacial score (nSPS) is 17.8. The molecule has 1 aliphatic heterocycles. The van der Waals surface area contributed by atoms with Crippen LogP contribution in [0, 0.1) is 0 Å². The Kier molecular flexibility index (Phi) is 6.16. The van der Waals surface area contributed by atoms with Crippen LogP contribution in [0.2, 0.25) is 0 Å². The molecule has 21 heavy (non-hydrogen) atoms. The average Bonchev–Trinajstić information content (AvgIpc) is 2.63. The molecule has 0 fully saturated rings. The number of ether oxygens (including phenoxy) is 1. The molecule has 0 amide bonds. The van der Waals surface area contributed by atoms with Gasteiger partial charge in [0.15, 0.2) is 0 Å². The van der Waals surface area contributed by atoms with Crippen molar-refractivity contribution in [3.05, 3.63) is 36.0 Å². The van der Waals surface area contributed by atoms with Gasteiger partial charge in [-0.05, 0) is 43.4 Å². The van der Waals surface area contributed by atoms with Gasteiger partial charge in [-0.15, -0.1) is 0 Å². The van der Waals surface area contributed by atoms with Gasteiger partial charge in [0.25, 0.3) is 0 Å². The molecule has 0 saturated heterocycles. The highest BCUT2D eigenvalue weighted by Crippen LogP contribution is 2.35. The predicted molar refractivity (Wildman–Crippen MR) is 91.0 cm³/mol. The van der Waals surface area contributed by atoms with Crippen molar-refractivity contribution in [3.8, 4) is 5.75 Å². The van der Waals surface area contributed by atoms with E-state index in [0.29, 0.717) is 0 Å². The molecular formula is C19H29NO. The fraction of sp³-hybridized carbons (Fsp3) is 0.579. The molecule has 0 saturated carbocycles. The number of anilines is 1. The first-order valence-electron chi connectivity index (χ1n) is 8.45. The number of unbranched alkanes of at least 4 members (excludes halogenated alkanes) is 3. The third kappa shape index (κ3) is 4.26. The van der Waals surface area contributed by atoms with Crippen LogP contribution in [-0.2, 0) is 0 Å². The Balaban J connectivity index is 2.19. The first kappa shape index (κ1) is 15.9. The van der Waals surface area contributed by atoms with Crippen LogP contribution in [0.3, 0.4) is 0 Å². The molecule has 116 valence electrons. The maximum absolute atomic E-state index is 6.37. The Morgan fingerprint density at radius 2 is 1.81 bits per heavy atom. The lowest BCUT2D eigenvalue weighted by molar-refractivity contribution is 0.220. The lowest BCUT2D eigenvalue weighted by Gasteiger charge is -2.20. The molecule has 0 radical (unpaired) electrons. The van der Waals surface area contributed by atoms with Gasteiger partial charge < -0.3 is 9.64 Å². The summed E-state index contributed by atoms with van der Waals surface area (Å²) in [5.74, 6) is 1.02. The van der Waals surface area contributed by atoms with Gasteiger partial charge in [-0.25, -0.2) is 0 Å². The van der Waals surface area contributed by atoms with Gasteiger partial charge in [0.1, 0.15) is 11.9 Å². The average molecular weight is 287 g/mol. The molecule has 0 N–H and O–H groups in total. The van der Waals surface area contributed by atoms with Crippen LogP contribution in [0.15, 0.2) is 36.0 Å². The monoisotopic (exact) mass is 287 g/mol. The van der Waals surface area contributed by atoms with Crippen LogP contribution in [0.1, 0.15) is 58.8 Å². The highest BCUT2D eigenvalue weighted by molar-refractivity contribution is 5.61. The minimum atomic E-state index is 0.245. The number of fused-ring (bicyclic) bond motifs is 1. The van der Waals surface area contributed by atoms with E-state index in [9.17, 15) is 0 Å². The van der Waals surface area contributed by atoms with E-state index in [1.54, 1.807) is 0 Å². The van der Waals surface area contributed by atoms with Crippen LogP contribution in [0.5, 0.6) is 5.75 Å². The van der Waals surface area contributed by atoms with Crippen LogP contribution < -0.4 is 9.64 Å². The summed E-state index contributed by atoms with van der Waals surface area (Å²) >= 11 is 0. The van der Waals surface area contributed by atoms with Gasteiger partial charge >= 0.3 is 0 Å². The van der Waals surface area contributed by atoms with Gasteiger partial charge in [-0.1, -0.05) is 45.2 Å². The minimum absolute atomic E-state index is 0.245. The largest absolute Gasteiger partial charge is 0.484 e. The molecule has 1 aromatic rings. The molecule has 0 aliphatic carbocycles. The maximum atomic E-state index is 6.37. The molecule has 0 aromatic heterocycles. The van der Waals surface area contributed by atoms with Crippen LogP contribution in [-0.4, -0.2) is 13.2 Å². The topological polar surface area (TPSA) is 12.5 Å². The number of rotatable bonds is 7. The maximum Gasteiger partial charge on any atom is 0.143 e. The van der Waals surface area contributed by atoms with E-state index in [-0.39, 0.29) is 6.10 Å². The molecule has 2 rings (SSSR count). The third-order valence-corrected chi connectivity index (χ3v) is 4.18. The van der Waals surface area contributed by atoms with Gasteiger partial charge in [-0.2, -0.15) is 0 Å². The van der Waals surface area contributed by atoms with Crippen molar-refractivity contribution in [1.82, 2.24) is 0 Å². The van der Waals surface area contributed by atoms with Gasteiger partial charge in [-0.3, -0.25) is 0 Å². The van der Waals surface area contributed by atoms with E-state index in [1.165, 1.54) is 43.4 Å². The summed E-state index contributed by atoms with van der Waals surface area (Å²) < 4.78 is 6.37. The lowest BCUT2D eigenvalue weighted by Crippen LogP contribution is -2.19. The van der Waals surface area contributed by atoms with E-state index in [4.69, 9.17) is 4.74 Å². The summed E-state index contributed by atoms with van der Waals surface area (Å²) in [5, 5.41) is 0. The van der Waals surface area contributed by atoms with Crippen molar-refractivity contribution in [2.75, 3.05) is 11.9 Å². The molecule has 2 heteroatoms. The Morgan fingerprint density at radius 1 is 1.05 bits per heavy atom. The number of hydrogen-bond acceptors (Lipinski definition) is 2. The van der Waals surface area contributed by atoms with E-state index in [1.807, 2.05) is 0 Å². The molecule has 1 atom stereocenters.